The standard InChI is InChI=1S/C23H22N6O2/c1-14(24)21(30)26-12-16-7-6-10-18(11-16)20-19(13-25-15(2)27-20)23-29-28-22(31-23)17-8-4-3-5-9-17/h3-11,13-14H,12,24H2,1-2H3,(H,26,30)/t14-/m0/s1. The van der Waals surface area contributed by atoms with Crippen molar-refractivity contribution in [3.8, 4) is 34.2 Å². The molecular formula is C23H22N6O2. The highest BCUT2D eigenvalue weighted by Gasteiger charge is 2.17. The zero-order valence-corrected chi connectivity index (χ0v) is 17.2. The third-order valence-electron chi connectivity index (χ3n) is 4.67. The summed E-state index contributed by atoms with van der Waals surface area (Å²) in [6, 6.07) is 16.7. The van der Waals surface area contributed by atoms with Crippen LogP contribution in [0.3, 0.4) is 0 Å². The third-order valence-corrected chi connectivity index (χ3v) is 4.67. The van der Waals surface area contributed by atoms with E-state index in [1.54, 1.807) is 13.1 Å². The van der Waals surface area contributed by atoms with E-state index < -0.39 is 6.04 Å². The second-order valence-corrected chi connectivity index (χ2v) is 7.16. The molecule has 0 aliphatic carbocycles. The second kappa shape index (κ2) is 8.85. The average molecular weight is 414 g/mol. The van der Waals surface area contributed by atoms with Gasteiger partial charge in [0.25, 0.3) is 5.89 Å². The minimum absolute atomic E-state index is 0.205. The number of hydrogen-bond acceptors (Lipinski definition) is 7. The highest BCUT2D eigenvalue weighted by Crippen LogP contribution is 2.31. The van der Waals surface area contributed by atoms with Crippen LogP contribution in [-0.2, 0) is 11.3 Å². The van der Waals surface area contributed by atoms with Gasteiger partial charge in [-0.1, -0.05) is 36.4 Å². The summed E-state index contributed by atoms with van der Waals surface area (Å²) in [5.41, 5.74) is 9.54. The predicted molar refractivity (Wildman–Crippen MR) is 116 cm³/mol. The molecule has 2 heterocycles. The SMILES string of the molecule is Cc1ncc(-c2nnc(-c3ccccc3)o2)c(-c2cccc(CNC(=O)[C@H](C)N)c2)n1. The van der Waals surface area contributed by atoms with Crippen molar-refractivity contribution in [1.29, 1.82) is 0 Å². The van der Waals surface area contributed by atoms with Crippen LogP contribution in [0.4, 0.5) is 0 Å². The molecule has 0 aliphatic rings. The number of benzene rings is 2. The molecule has 0 aliphatic heterocycles. The fraction of sp³-hybridized carbons (Fsp3) is 0.174. The number of amides is 1. The van der Waals surface area contributed by atoms with E-state index in [4.69, 9.17) is 10.2 Å². The van der Waals surface area contributed by atoms with Gasteiger partial charge < -0.3 is 15.5 Å². The van der Waals surface area contributed by atoms with Crippen molar-refractivity contribution in [1.82, 2.24) is 25.5 Å². The molecule has 4 aromatic rings. The summed E-state index contributed by atoms with van der Waals surface area (Å²) in [4.78, 5) is 20.7. The fourth-order valence-corrected chi connectivity index (χ4v) is 3.05. The quantitative estimate of drug-likeness (QED) is 0.497. The monoisotopic (exact) mass is 414 g/mol. The lowest BCUT2D eigenvalue weighted by Crippen LogP contribution is -2.37. The van der Waals surface area contributed by atoms with Gasteiger partial charge in [0.05, 0.1) is 17.3 Å². The van der Waals surface area contributed by atoms with Gasteiger partial charge in [-0.15, -0.1) is 10.2 Å². The maximum absolute atomic E-state index is 11.8. The van der Waals surface area contributed by atoms with Crippen molar-refractivity contribution in [2.45, 2.75) is 26.4 Å². The van der Waals surface area contributed by atoms with E-state index in [2.05, 4.69) is 25.5 Å². The summed E-state index contributed by atoms with van der Waals surface area (Å²) >= 11 is 0. The number of nitrogens with one attached hydrogen (secondary N) is 1. The van der Waals surface area contributed by atoms with Crippen molar-refractivity contribution in [3.05, 3.63) is 72.2 Å². The number of nitrogens with zero attached hydrogens (tertiary/aromatic N) is 4. The molecule has 8 nitrogen and oxygen atoms in total. The Bertz CT molecular complexity index is 1200. The first-order valence-electron chi connectivity index (χ1n) is 9.87. The Hall–Kier alpha value is -3.91. The molecule has 1 amide bonds. The van der Waals surface area contributed by atoms with Gasteiger partial charge >= 0.3 is 0 Å². The van der Waals surface area contributed by atoms with Gasteiger partial charge in [-0.25, -0.2) is 9.97 Å². The Labute approximate surface area is 179 Å². The first-order chi connectivity index (χ1) is 15.0. The summed E-state index contributed by atoms with van der Waals surface area (Å²) in [6.07, 6.45) is 1.69. The number of aromatic nitrogens is 4. The van der Waals surface area contributed by atoms with E-state index in [9.17, 15) is 4.79 Å². The molecule has 0 saturated heterocycles. The van der Waals surface area contributed by atoms with Gasteiger partial charge in [0.2, 0.25) is 11.8 Å². The lowest BCUT2D eigenvalue weighted by atomic mass is 10.0. The maximum Gasteiger partial charge on any atom is 0.251 e. The molecule has 4 rings (SSSR count). The molecule has 3 N–H and O–H groups in total. The average Bonchev–Trinajstić information content (AvgIpc) is 3.28. The van der Waals surface area contributed by atoms with Crippen molar-refractivity contribution < 1.29 is 9.21 Å². The van der Waals surface area contributed by atoms with Gasteiger partial charge in [0, 0.05) is 23.9 Å². The smallest absolute Gasteiger partial charge is 0.251 e. The van der Waals surface area contributed by atoms with E-state index in [1.807, 2.05) is 61.5 Å². The summed E-state index contributed by atoms with van der Waals surface area (Å²) in [7, 11) is 0. The highest BCUT2D eigenvalue weighted by atomic mass is 16.4. The van der Waals surface area contributed by atoms with E-state index in [1.165, 1.54) is 0 Å². The van der Waals surface area contributed by atoms with Gasteiger partial charge in [0.15, 0.2) is 0 Å². The molecule has 156 valence electrons. The predicted octanol–water partition coefficient (Wildman–Crippen LogP) is 3.13. The Kier molecular flexibility index (Phi) is 5.81. The lowest BCUT2D eigenvalue weighted by Gasteiger charge is -2.10. The molecule has 0 bridgehead atoms. The fourth-order valence-electron chi connectivity index (χ4n) is 3.05. The number of hydrogen-bond donors (Lipinski definition) is 2. The van der Waals surface area contributed by atoms with Crippen molar-refractivity contribution in [2.75, 3.05) is 0 Å². The summed E-state index contributed by atoms with van der Waals surface area (Å²) in [5, 5.41) is 11.2. The number of nitrogens with two attached hydrogens (primary N) is 1. The van der Waals surface area contributed by atoms with Crippen LogP contribution < -0.4 is 11.1 Å². The van der Waals surface area contributed by atoms with Gasteiger partial charge in [0.1, 0.15) is 5.82 Å². The van der Waals surface area contributed by atoms with Crippen LogP contribution >= 0.6 is 0 Å². The highest BCUT2D eigenvalue weighted by molar-refractivity contribution is 5.81. The van der Waals surface area contributed by atoms with Crippen molar-refractivity contribution >= 4 is 5.91 Å². The van der Waals surface area contributed by atoms with Crippen LogP contribution in [0.1, 0.15) is 18.3 Å². The Morgan fingerprint density at radius 3 is 2.58 bits per heavy atom. The van der Waals surface area contributed by atoms with Crippen molar-refractivity contribution in [2.24, 2.45) is 5.73 Å². The third kappa shape index (κ3) is 4.65. The van der Waals surface area contributed by atoms with Gasteiger partial charge in [-0.2, -0.15) is 0 Å². The van der Waals surface area contributed by atoms with E-state index in [0.29, 0.717) is 35.4 Å². The number of carbonyl (C=O) groups excluding carboxylic acids is 1. The molecule has 0 saturated carbocycles. The summed E-state index contributed by atoms with van der Waals surface area (Å²) < 4.78 is 5.92. The molecule has 0 spiro atoms. The molecule has 0 radical (unpaired) electrons. The Balaban J connectivity index is 1.68. The second-order valence-electron chi connectivity index (χ2n) is 7.16. The lowest BCUT2D eigenvalue weighted by molar-refractivity contribution is -0.122. The zero-order valence-electron chi connectivity index (χ0n) is 17.2. The normalized spacial score (nSPS) is 11.8. The number of rotatable bonds is 6. The van der Waals surface area contributed by atoms with Crippen LogP contribution in [-0.4, -0.2) is 32.1 Å². The van der Waals surface area contributed by atoms with Crippen LogP contribution in [0.15, 0.2) is 65.2 Å². The largest absolute Gasteiger partial charge is 0.416 e. The Morgan fingerprint density at radius 1 is 1.06 bits per heavy atom. The molecule has 31 heavy (non-hydrogen) atoms. The van der Waals surface area contributed by atoms with E-state index >= 15 is 0 Å². The molecule has 8 heteroatoms. The molecule has 0 unspecified atom stereocenters. The number of aryl methyl sites for hydroxylation is 1. The van der Waals surface area contributed by atoms with E-state index in [-0.39, 0.29) is 5.91 Å². The van der Waals surface area contributed by atoms with Crippen LogP contribution in [0.2, 0.25) is 0 Å². The Morgan fingerprint density at radius 2 is 1.81 bits per heavy atom. The maximum atomic E-state index is 11.8. The number of carbonyl (C=O) groups is 1. The molecule has 2 aromatic heterocycles. The molecular weight excluding hydrogens is 392 g/mol. The topological polar surface area (TPSA) is 120 Å². The van der Waals surface area contributed by atoms with Crippen LogP contribution in [0, 0.1) is 6.92 Å². The first kappa shape index (κ1) is 20.4. The minimum Gasteiger partial charge on any atom is -0.416 e. The molecule has 1 atom stereocenters. The van der Waals surface area contributed by atoms with Crippen LogP contribution in [0.5, 0.6) is 0 Å². The molecule has 2 aromatic carbocycles. The zero-order chi connectivity index (χ0) is 21.8. The van der Waals surface area contributed by atoms with Crippen LogP contribution in [0.25, 0.3) is 34.2 Å². The summed E-state index contributed by atoms with van der Waals surface area (Å²) in [5.74, 6) is 1.18. The minimum atomic E-state index is -0.560. The van der Waals surface area contributed by atoms with Gasteiger partial charge in [-0.3, -0.25) is 4.79 Å². The van der Waals surface area contributed by atoms with Gasteiger partial charge in [-0.05, 0) is 37.6 Å². The summed E-state index contributed by atoms with van der Waals surface area (Å²) in [6.45, 7) is 3.84. The van der Waals surface area contributed by atoms with Crippen molar-refractivity contribution in [3.63, 3.8) is 0 Å². The molecule has 0 fully saturated rings. The first-order valence-corrected chi connectivity index (χ1v) is 9.87. The van der Waals surface area contributed by atoms with E-state index in [0.717, 1.165) is 16.7 Å².